The summed E-state index contributed by atoms with van der Waals surface area (Å²) in [7, 11) is 1.72. The fraction of sp³-hybridized carbons (Fsp3) is 0.933. The van der Waals surface area contributed by atoms with E-state index in [1.807, 2.05) is 6.92 Å². The molecule has 19 heavy (non-hydrogen) atoms. The third-order valence-corrected chi connectivity index (χ3v) is 3.28. The molecule has 4 heteroatoms. The molecule has 0 aliphatic rings. The average molecular weight is 272 g/mol. The van der Waals surface area contributed by atoms with Gasteiger partial charge in [0.2, 0.25) is 5.91 Å². The number of nitrogens with one attached hydrogen (secondary N) is 2. The Hall–Kier alpha value is -0.610. The summed E-state index contributed by atoms with van der Waals surface area (Å²) in [4.78, 5) is 11.9. The van der Waals surface area contributed by atoms with Crippen LogP contribution in [0, 0.1) is 11.3 Å². The van der Waals surface area contributed by atoms with Gasteiger partial charge in [0.15, 0.2) is 0 Å². The van der Waals surface area contributed by atoms with Crippen LogP contribution in [-0.2, 0) is 9.53 Å². The molecule has 0 aromatic carbocycles. The molecule has 114 valence electrons. The first-order chi connectivity index (χ1) is 8.78. The molecule has 0 heterocycles. The van der Waals surface area contributed by atoms with Gasteiger partial charge in [-0.2, -0.15) is 0 Å². The second-order valence-corrected chi connectivity index (χ2v) is 6.48. The molecule has 0 saturated carbocycles. The van der Waals surface area contributed by atoms with E-state index in [-0.39, 0.29) is 17.4 Å². The SMILES string of the molecule is COCCC(C)(C)CNC(C)C(=O)NCCC(C)C. The monoisotopic (exact) mass is 272 g/mol. The number of hydrogen-bond donors (Lipinski definition) is 2. The first-order valence-electron chi connectivity index (χ1n) is 7.28. The van der Waals surface area contributed by atoms with Crippen LogP contribution >= 0.6 is 0 Å². The largest absolute Gasteiger partial charge is 0.385 e. The van der Waals surface area contributed by atoms with Gasteiger partial charge in [0, 0.05) is 26.8 Å². The second-order valence-electron chi connectivity index (χ2n) is 6.48. The van der Waals surface area contributed by atoms with E-state index in [2.05, 4.69) is 38.3 Å². The van der Waals surface area contributed by atoms with Crippen molar-refractivity contribution in [2.75, 3.05) is 26.8 Å². The van der Waals surface area contributed by atoms with E-state index in [1.165, 1.54) is 0 Å². The number of hydrogen-bond acceptors (Lipinski definition) is 3. The first kappa shape index (κ1) is 18.4. The molecule has 1 unspecified atom stereocenters. The summed E-state index contributed by atoms with van der Waals surface area (Å²) in [6, 6.07) is -0.144. The van der Waals surface area contributed by atoms with Gasteiger partial charge < -0.3 is 15.4 Å². The van der Waals surface area contributed by atoms with Crippen molar-refractivity contribution in [3.05, 3.63) is 0 Å². The van der Waals surface area contributed by atoms with Crippen molar-refractivity contribution in [2.45, 2.75) is 53.5 Å². The maximum Gasteiger partial charge on any atom is 0.236 e. The third kappa shape index (κ3) is 9.91. The highest BCUT2D eigenvalue weighted by Gasteiger charge is 2.20. The predicted molar refractivity (Wildman–Crippen MR) is 80.2 cm³/mol. The molecule has 0 spiro atoms. The van der Waals surface area contributed by atoms with Gasteiger partial charge in [-0.05, 0) is 31.1 Å². The number of carbonyl (C=O) groups excluding carboxylic acids is 1. The fourth-order valence-electron chi connectivity index (χ4n) is 1.63. The van der Waals surface area contributed by atoms with Gasteiger partial charge in [0.25, 0.3) is 0 Å². The molecule has 0 saturated heterocycles. The van der Waals surface area contributed by atoms with Crippen molar-refractivity contribution < 1.29 is 9.53 Å². The summed E-state index contributed by atoms with van der Waals surface area (Å²) in [5, 5.41) is 6.27. The highest BCUT2D eigenvalue weighted by Crippen LogP contribution is 2.18. The highest BCUT2D eigenvalue weighted by atomic mass is 16.5. The lowest BCUT2D eigenvalue weighted by molar-refractivity contribution is -0.122. The van der Waals surface area contributed by atoms with E-state index in [1.54, 1.807) is 7.11 Å². The molecule has 0 aliphatic carbocycles. The van der Waals surface area contributed by atoms with E-state index in [0.717, 1.165) is 32.5 Å². The van der Waals surface area contributed by atoms with Crippen LogP contribution in [0.5, 0.6) is 0 Å². The summed E-state index contributed by atoms with van der Waals surface area (Å²) in [6.07, 6.45) is 2.01. The Morgan fingerprint density at radius 2 is 1.89 bits per heavy atom. The van der Waals surface area contributed by atoms with E-state index in [9.17, 15) is 4.79 Å². The number of rotatable bonds is 10. The Labute approximate surface area is 118 Å². The Bertz CT molecular complexity index is 253. The zero-order chi connectivity index (χ0) is 14.9. The van der Waals surface area contributed by atoms with Crippen molar-refractivity contribution in [3.63, 3.8) is 0 Å². The van der Waals surface area contributed by atoms with Crippen LogP contribution in [0.15, 0.2) is 0 Å². The van der Waals surface area contributed by atoms with Crippen LogP contribution in [0.2, 0.25) is 0 Å². The third-order valence-electron chi connectivity index (χ3n) is 3.28. The number of ether oxygens (including phenoxy) is 1. The predicted octanol–water partition coefficient (Wildman–Crippen LogP) is 2.19. The van der Waals surface area contributed by atoms with E-state index in [0.29, 0.717) is 5.92 Å². The van der Waals surface area contributed by atoms with Crippen LogP contribution < -0.4 is 10.6 Å². The van der Waals surface area contributed by atoms with Gasteiger partial charge in [-0.15, -0.1) is 0 Å². The lowest BCUT2D eigenvalue weighted by atomic mass is 9.89. The van der Waals surface area contributed by atoms with Gasteiger partial charge in [-0.25, -0.2) is 0 Å². The Kier molecular flexibility index (Phi) is 9.02. The molecule has 0 aliphatic heterocycles. The average Bonchev–Trinajstić information content (AvgIpc) is 2.33. The minimum atomic E-state index is -0.144. The molecule has 0 radical (unpaired) electrons. The standard InChI is InChI=1S/C15H32N2O2/c1-12(2)7-9-16-14(18)13(3)17-11-15(4,5)8-10-19-6/h12-13,17H,7-11H2,1-6H3,(H,16,18). The lowest BCUT2D eigenvalue weighted by Gasteiger charge is -2.26. The fourth-order valence-corrected chi connectivity index (χ4v) is 1.63. The zero-order valence-corrected chi connectivity index (χ0v) is 13.5. The van der Waals surface area contributed by atoms with Gasteiger partial charge in [0.05, 0.1) is 6.04 Å². The van der Waals surface area contributed by atoms with Gasteiger partial charge in [-0.3, -0.25) is 4.79 Å². The molecule has 0 bridgehead atoms. The second kappa shape index (κ2) is 9.32. The molecule has 4 nitrogen and oxygen atoms in total. The quantitative estimate of drug-likeness (QED) is 0.641. The van der Waals surface area contributed by atoms with Crippen molar-refractivity contribution in [1.29, 1.82) is 0 Å². The normalized spacial score (nSPS) is 13.6. The molecule has 1 amide bonds. The van der Waals surface area contributed by atoms with Crippen molar-refractivity contribution in [3.8, 4) is 0 Å². The molecule has 2 N–H and O–H groups in total. The maximum atomic E-state index is 11.9. The molecule has 0 fully saturated rings. The van der Waals surface area contributed by atoms with Crippen molar-refractivity contribution >= 4 is 5.91 Å². The minimum Gasteiger partial charge on any atom is -0.385 e. The van der Waals surface area contributed by atoms with Crippen LogP contribution in [0.25, 0.3) is 0 Å². The van der Waals surface area contributed by atoms with E-state index in [4.69, 9.17) is 4.74 Å². The van der Waals surface area contributed by atoms with Gasteiger partial charge >= 0.3 is 0 Å². The minimum absolute atomic E-state index is 0.0863. The number of methoxy groups -OCH3 is 1. The van der Waals surface area contributed by atoms with E-state index < -0.39 is 0 Å². The summed E-state index contributed by atoms with van der Waals surface area (Å²) >= 11 is 0. The lowest BCUT2D eigenvalue weighted by Crippen LogP contribution is -2.45. The Balaban J connectivity index is 3.89. The smallest absolute Gasteiger partial charge is 0.236 e. The maximum absolute atomic E-state index is 11.9. The number of amides is 1. The van der Waals surface area contributed by atoms with Crippen LogP contribution in [-0.4, -0.2) is 38.8 Å². The van der Waals surface area contributed by atoms with Crippen LogP contribution in [0.4, 0.5) is 0 Å². The number of carbonyl (C=O) groups is 1. The highest BCUT2D eigenvalue weighted by molar-refractivity contribution is 5.81. The first-order valence-corrected chi connectivity index (χ1v) is 7.28. The topological polar surface area (TPSA) is 50.4 Å². The molecule has 0 aromatic rings. The van der Waals surface area contributed by atoms with E-state index >= 15 is 0 Å². The molecule has 0 aromatic heterocycles. The Morgan fingerprint density at radius 3 is 2.42 bits per heavy atom. The summed E-state index contributed by atoms with van der Waals surface area (Å²) in [6.45, 7) is 12.9. The zero-order valence-electron chi connectivity index (χ0n) is 13.5. The van der Waals surface area contributed by atoms with Crippen molar-refractivity contribution in [1.82, 2.24) is 10.6 Å². The molecular weight excluding hydrogens is 240 g/mol. The Morgan fingerprint density at radius 1 is 1.26 bits per heavy atom. The van der Waals surface area contributed by atoms with Crippen molar-refractivity contribution in [2.24, 2.45) is 11.3 Å². The molecule has 1 atom stereocenters. The molecule has 0 rings (SSSR count). The summed E-state index contributed by atoms with van der Waals surface area (Å²) in [5.74, 6) is 0.708. The van der Waals surface area contributed by atoms with Crippen LogP contribution in [0.3, 0.4) is 0 Å². The van der Waals surface area contributed by atoms with Crippen LogP contribution in [0.1, 0.15) is 47.5 Å². The summed E-state index contributed by atoms with van der Waals surface area (Å²) in [5.41, 5.74) is 0.141. The summed E-state index contributed by atoms with van der Waals surface area (Å²) < 4.78 is 5.10. The van der Waals surface area contributed by atoms with Gasteiger partial charge in [-0.1, -0.05) is 27.7 Å². The molecular formula is C15H32N2O2. The van der Waals surface area contributed by atoms with Gasteiger partial charge in [0.1, 0.15) is 0 Å².